The number of hydrogen-bond donors (Lipinski definition) is 3. The fourth-order valence-corrected chi connectivity index (χ4v) is 0.289. The molecule has 0 saturated heterocycles. The Hall–Kier alpha value is -0.120. The standard InChI is InChI=1S/C4H13N3/c1-4(5-2)7-6-3/h4-7H,1-3H3. The molecule has 0 aromatic rings. The van der Waals surface area contributed by atoms with E-state index in [9.17, 15) is 0 Å². The summed E-state index contributed by atoms with van der Waals surface area (Å²) in [5.74, 6) is 0. The molecule has 3 heteroatoms. The molecule has 1 atom stereocenters. The highest BCUT2D eigenvalue weighted by molar-refractivity contribution is 4.44. The van der Waals surface area contributed by atoms with Gasteiger partial charge in [-0.1, -0.05) is 0 Å². The topological polar surface area (TPSA) is 36.1 Å². The maximum atomic E-state index is 2.99. The van der Waals surface area contributed by atoms with Gasteiger partial charge < -0.3 is 5.32 Å². The van der Waals surface area contributed by atoms with Gasteiger partial charge in [0.05, 0.1) is 6.17 Å². The first kappa shape index (κ1) is 6.88. The van der Waals surface area contributed by atoms with Crippen LogP contribution in [0.1, 0.15) is 6.92 Å². The molecule has 0 bridgehead atoms. The summed E-state index contributed by atoms with van der Waals surface area (Å²) in [6.45, 7) is 2.02. The molecule has 44 valence electrons. The maximum Gasteiger partial charge on any atom is 0.0672 e. The van der Waals surface area contributed by atoms with Crippen molar-refractivity contribution in [3.63, 3.8) is 0 Å². The summed E-state index contributed by atoms with van der Waals surface area (Å²) in [7, 11) is 3.74. The highest BCUT2D eigenvalue weighted by atomic mass is 15.4. The van der Waals surface area contributed by atoms with Gasteiger partial charge in [0.1, 0.15) is 0 Å². The van der Waals surface area contributed by atoms with Crippen LogP contribution in [0.5, 0.6) is 0 Å². The minimum Gasteiger partial charge on any atom is -0.304 e. The summed E-state index contributed by atoms with van der Waals surface area (Å²) < 4.78 is 0. The molecule has 0 saturated carbocycles. The number of hydrazine groups is 1. The van der Waals surface area contributed by atoms with Gasteiger partial charge in [-0.05, 0) is 21.0 Å². The van der Waals surface area contributed by atoms with E-state index in [0.717, 1.165) is 0 Å². The zero-order chi connectivity index (χ0) is 5.70. The van der Waals surface area contributed by atoms with Crippen molar-refractivity contribution in [2.75, 3.05) is 14.1 Å². The summed E-state index contributed by atoms with van der Waals surface area (Å²) in [5, 5.41) is 2.99. The lowest BCUT2D eigenvalue weighted by Gasteiger charge is -2.09. The van der Waals surface area contributed by atoms with Gasteiger partial charge in [0.2, 0.25) is 0 Å². The molecular formula is C4H13N3. The Morgan fingerprint density at radius 1 is 1.29 bits per heavy atom. The van der Waals surface area contributed by atoms with Gasteiger partial charge in [0.15, 0.2) is 0 Å². The summed E-state index contributed by atoms with van der Waals surface area (Å²) in [4.78, 5) is 0. The zero-order valence-corrected chi connectivity index (χ0v) is 5.08. The van der Waals surface area contributed by atoms with E-state index in [4.69, 9.17) is 0 Å². The van der Waals surface area contributed by atoms with Gasteiger partial charge in [-0.25, -0.2) is 5.43 Å². The Balaban J connectivity index is 2.83. The molecule has 7 heavy (non-hydrogen) atoms. The molecule has 0 aliphatic carbocycles. The van der Waals surface area contributed by atoms with Crippen molar-refractivity contribution in [3.8, 4) is 0 Å². The smallest absolute Gasteiger partial charge is 0.0672 e. The monoisotopic (exact) mass is 103 g/mol. The lowest BCUT2D eigenvalue weighted by Crippen LogP contribution is -2.43. The van der Waals surface area contributed by atoms with Crippen LogP contribution in [0.25, 0.3) is 0 Å². The van der Waals surface area contributed by atoms with Crippen LogP contribution in [0.2, 0.25) is 0 Å². The summed E-state index contributed by atoms with van der Waals surface area (Å²) in [5.41, 5.74) is 5.74. The van der Waals surface area contributed by atoms with Crippen LogP contribution in [0.4, 0.5) is 0 Å². The summed E-state index contributed by atoms with van der Waals surface area (Å²) >= 11 is 0. The van der Waals surface area contributed by atoms with Crippen molar-refractivity contribution >= 4 is 0 Å². The molecular weight excluding hydrogens is 90.1 g/mol. The third-order valence-corrected chi connectivity index (χ3v) is 0.794. The number of rotatable bonds is 3. The minimum atomic E-state index is 0.338. The first-order valence-electron chi connectivity index (χ1n) is 2.40. The van der Waals surface area contributed by atoms with Crippen molar-refractivity contribution < 1.29 is 0 Å². The second-order valence-electron chi connectivity index (χ2n) is 1.40. The Labute approximate surface area is 44.5 Å². The molecule has 0 aliphatic heterocycles. The van der Waals surface area contributed by atoms with Crippen molar-refractivity contribution in [1.29, 1.82) is 0 Å². The fourth-order valence-electron chi connectivity index (χ4n) is 0.289. The minimum absolute atomic E-state index is 0.338. The maximum absolute atomic E-state index is 2.99. The molecule has 0 heterocycles. The quantitative estimate of drug-likeness (QED) is 0.326. The Morgan fingerprint density at radius 3 is 2.00 bits per heavy atom. The molecule has 0 aliphatic rings. The molecule has 0 fully saturated rings. The van der Waals surface area contributed by atoms with Gasteiger partial charge in [0.25, 0.3) is 0 Å². The van der Waals surface area contributed by atoms with Crippen molar-refractivity contribution in [2.45, 2.75) is 13.1 Å². The average molecular weight is 103 g/mol. The lowest BCUT2D eigenvalue weighted by molar-refractivity contribution is 0.441. The summed E-state index contributed by atoms with van der Waals surface area (Å²) in [6, 6.07) is 0. The first-order chi connectivity index (χ1) is 3.31. The molecule has 0 spiro atoms. The molecule has 0 amide bonds. The number of hydrogen-bond acceptors (Lipinski definition) is 3. The van der Waals surface area contributed by atoms with E-state index in [1.165, 1.54) is 0 Å². The van der Waals surface area contributed by atoms with Crippen LogP contribution in [-0.4, -0.2) is 20.3 Å². The van der Waals surface area contributed by atoms with Crippen LogP contribution < -0.4 is 16.2 Å². The van der Waals surface area contributed by atoms with E-state index in [1.54, 1.807) is 0 Å². The first-order valence-corrected chi connectivity index (χ1v) is 2.40. The predicted octanol–water partition coefficient (Wildman–Crippen LogP) is -0.724. The molecule has 0 radical (unpaired) electrons. The van der Waals surface area contributed by atoms with Crippen molar-refractivity contribution in [3.05, 3.63) is 0 Å². The van der Waals surface area contributed by atoms with Crippen LogP contribution >= 0.6 is 0 Å². The third-order valence-electron chi connectivity index (χ3n) is 0.794. The van der Waals surface area contributed by atoms with E-state index < -0.39 is 0 Å². The Kier molecular flexibility index (Phi) is 3.98. The van der Waals surface area contributed by atoms with Gasteiger partial charge >= 0.3 is 0 Å². The van der Waals surface area contributed by atoms with Gasteiger partial charge in [-0.2, -0.15) is 0 Å². The van der Waals surface area contributed by atoms with Crippen molar-refractivity contribution in [1.82, 2.24) is 16.2 Å². The molecule has 1 unspecified atom stereocenters. The Morgan fingerprint density at radius 2 is 1.86 bits per heavy atom. The van der Waals surface area contributed by atoms with Crippen LogP contribution in [0, 0.1) is 0 Å². The third kappa shape index (κ3) is 3.72. The van der Waals surface area contributed by atoms with Gasteiger partial charge in [-0.15, -0.1) is 0 Å². The SMILES string of the molecule is CNNC(C)NC. The Bertz CT molecular complexity index is 37.9. The average Bonchev–Trinajstić information content (AvgIpc) is 1.68. The predicted molar refractivity (Wildman–Crippen MR) is 30.7 cm³/mol. The number of nitrogens with one attached hydrogen (secondary N) is 3. The van der Waals surface area contributed by atoms with E-state index >= 15 is 0 Å². The van der Waals surface area contributed by atoms with E-state index in [-0.39, 0.29) is 0 Å². The van der Waals surface area contributed by atoms with E-state index in [2.05, 4.69) is 16.2 Å². The molecule has 0 aromatic heterocycles. The summed E-state index contributed by atoms with van der Waals surface area (Å²) in [6.07, 6.45) is 0.338. The molecule has 0 rings (SSSR count). The lowest BCUT2D eigenvalue weighted by atomic mass is 10.6. The molecule has 3 nitrogen and oxygen atoms in total. The fraction of sp³-hybridized carbons (Fsp3) is 1.00. The normalized spacial score (nSPS) is 14.1. The van der Waals surface area contributed by atoms with Gasteiger partial charge in [-0.3, -0.25) is 5.43 Å². The zero-order valence-electron chi connectivity index (χ0n) is 5.08. The second kappa shape index (κ2) is 4.05. The van der Waals surface area contributed by atoms with E-state index in [0.29, 0.717) is 6.17 Å². The largest absolute Gasteiger partial charge is 0.304 e. The highest BCUT2D eigenvalue weighted by Crippen LogP contribution is 1.61. The van der Waals surface area contributed by atoms with Crippen LogP contribution in [0.15, 0.2) is 0 Å². The highest BCUT2D eigenvalue weighted by Gasteiger charge is 1.87. The van der Waals surface area contributed by atoms with Crippen LogP contribution in [0.3, 0.4) is 0 Å². The van der Waals surface area contributed by atoms with Crippen LogP contribution in [-0.2, 0) is 0 Å². The molecule has 3 N–H and O–H groups in total. The van der Waals surface area contributed by atoms with Gasteiger partial charge in [0, 0.05) is 0 Å². The second-order valence-corrected chi connectivity index (χ2v) is 1.40. The van der Waals surface area contributed by atoms with E-state index in [1.807, 2.05) is 21.0 Å². The van der Waals surface area contributed by atoms with Crippen molar-refractivity contribution in [2.24, 2.45) is 0 Å². The molecule has 0 aromatic carbocycles.